The number of methoxy groups -OCH3 is 1. The van der Waals surface area contributed by atoms with Crippen LogP contribution in [0.2, 0.25) is 0 Å². The van der Waals surface area contributed by atoms with Crippen LogP contribution >= 0.6 is 0 Å². The van der Waals surface area contributed by atoms with Crippen molar-refractivity contribution in [3.05, 3.63) is 0 Å². The van der Waals surface area contributed by atoms with Crippen molar-refractivity contribution < 1.29 is 9.53 Å². The zero-order valence-corrected chi connectivity index (χ0v) is 10.0. The van der Waals surface area contributed by atoms with Gasteiger partial charge in [0.05, 0.1) is 7.11 Å². The van der Waals surface area contributed by atoms with Crippen LogP contribution in [-0.2, 0) is 9.53 Å². The van der Waals surface area contributed by atoms with Crippen LogP contribution in [0.3, 0.4) is 0 Å². The van der Waals surface area contributed by atoms with Crippen molar-refractivity contribution in [2.75, 3.05) is 33.8 Å². The first-order chi connectivity index (χ1) is 7.14. The Bertz CT molecular complexity index is 221. The Morgan fingerprint density at radius 3 is 2.87 bits per heavy atom. The molecule has 0 aromatic rings. The number of carbonyl (C=O) groups excluding carboxylic acids is 1. The van der Waals surface area contributed by atoms with E-state index in [0.717, 1.165) is 38.9 Å². The summed E-state index contributed by atoms with van der Waals surface area (Å²) in [6, 6.07) is 0. The SMILES string of the molecule is CCCNC1(C(=O)OC)CCCN(C)C1. The average molecular weight is 214 g/mol. The molecule has 1 aliphatic heterocycles. The van der Waals surface area contributed by atoms with Gasteiger partial charge in [-0.1, -0.05) is 6.92 Å². The first kappa shape index (κ1) is 12.5. The molecule has 0 spiro atoms. The lowest BCUT2D eigenvalue weighted by Crippen LogP contribution is -2.61. The second kappa shape index (κ2) is 5.47. The van der Waals surface area contributed by atoms with Gasteiger partial charge in [0.25, 0.3) is 0 Å². The number of likely N-dealkylation sites (tertiary alicyclic amines) is 1. The maximum absolute atomic E-state index is 11.8. The minimum absolute atomic E-state index is 0.123. The minimum Gasteiger partial charge on any atom is -0.468 e. The third kappa shape index (κ3) is 2.92. The lowest BCUT2D eigenvalue weighted by Gasteiger charge is -2.39. The maximum atomic E-state index is 11.8. The van der Waals surface area contributed by atoms with E-state index in [1.807, 2.05) is 7.05 Å². The van der Waals surface area contributed by atoms with E-state index in [2.05, 4.69) is 17.1 Å². The average Bonchev–Trinajstić information content (AvgIpc) is 2.25. The molecule has 0 radical (unpaired) electrons. The highest BCUT2D eigenvalue weighted by molar-refractivity contribution is 5.81. The van der Waals surface area contributed by atoms with Gasteiger partial charge < -0.3 is 15.0 Å². The summed E-state index contributed by atoms with van der Waals surface area (Å²) in [7, 11) is 3.51. The molecule has 1 rings (SSSR count). The summed E-state index contributed by atoms with van der Waals surface area (Å²) in [5.74, 6) is -0.123. The van der Waals surface area contributed by atoms with Crippen molar-refractivity contribution in [2.24, 2.45) is 0 Å². The van der Waals surface area contributed by atoms with Crippen LogP contribution in [0.15, 0.2) is 0 Å². The van der Waals surface area contributed by atoms with Gasteiger partial charge in [0, 0.05) is 6.54 Å². The second-order valence-corrected chi connectivity index (χ2v) is 4.34. The lowest BCUT2D eigenvalue weighted by molar-refractivity contribution is -0.151. The Labute approximate surface area is 92.0 Å². The molecule has 0 bridgehead atoms. The van der Waals surface area contributed by atoms with Crippen LogP contribution in [0.5, 0.6) is 0 Å². The van der Waals surface area contributed by atoms with Gasteiger partial charge in [0.2, 0.25) is 0 Å². The third-order valence-corrected chi connectivity index (χ3v) is 2.97. The molecule has 1 saturated heterocycles. The van der Waals surface area contributed by atoms with Crippen molar-refractivity contribution in [1.29, 1.82) is 0 Å². The van der Waals surface area contributed by atoms with Gasteiger partial charge in [-0.3, -0.25) is 4.79 Å². The molecule has 15 heavy (non-hydrogen) atoms. The predicted octanol–water partition coefficient (Wildman–Crippen LogP) is 0.623. The van der Waals surface area contributed by atoms with Gasteiger partial charge in [0.1, 0.15) is 5.54 Å². The molecule has 1 N–H and O–H groups in total. The zero-order chi connectivity index (χ0) is 11.3. The van der Waals surface area contributed by atoms with E-state index in [-0.39, 0.29) is 5.97 Å². The smallest absolute Gasteiger partial charge is 0.327 e. The number of rotatable bonds is 4. The molecular formula is C11H22N2O2. The Morgan fingerprint density at radius 1 is 1.60 bits per heavy atom. The van der Waals surface area contributed by atoms with Crippen LogP contribution in [0.4, 0.5) is 0 Å². The Hall–Kier alpha value is -0.610. The lowest BCUT2D eigenvalue weighted by atomic mass is 9.89. The fraction of sp³-hybridized carbons (Fsp3) is 0.909. The Morgan fingerprint density at radius 2 is 2.33 bits per heavy atom. The van der Waals surface area contributed by atoms with Crippen LogP contribution in [0, 0.1) is 0 Å². The number of hydrogen-bond donors (Lipinski definition) is 1. The monoisotopic (exact) mass is 214 g/mol. The minimum atomic E-state index is -0.474. The number of nitrogens with zero attached hydrogens (tertiary/aromatic N) is 1. The van der Waals surface area contributed by atoms with E-state index in [4.69, 9.17) is 4.74 Å². The largest absolute Gasteiger partial charge is 0.468 e. The highest BCUT2D eigenvalue weighted by Gasteiger charge is 2.41. The molecule has 1 fully saturated rings. The molecule has 4 heteroatoms. The zero-order valence-electron chi connectivity index (χ0n) is 10.0. The van der Waals surface area contributed by atoms with E-state index in [0.29, 0.717) is 0 Å². The summed E-state index contributed by atoms with van der Waals surface area (Å²) >= 11 is 0. The van der Waals surface area contributed by atoms with Gasteiger partial charge in [-0.05, 0) is 39.4 Å². The maximum Gasteiger partial charge on any atom is 0.327 e. The molecular weight excluding hydrogens is 192 g/mol. The van der Waals surface area contributed by atoms with E-state index >= 15 is 0 Å². The highest BCUT2D eigenvalue weighted by Crippen LogP contribution is 2.21. The van der Waals surface area contributed by atoms with Crippen LogP contribution in [-0.4, -0.2) is 50.2 Å². The van der Waals surface area contributed by atoms with Crippen molar-refractivity contribution in [2.45, 2.75) is 31.7 Å². The number of carbonyl (C=O) groups is 1. The van der Waals surface area contributed by atoms with Gasteiger partial charge >= 0.3 is 5.97 Å². The summed E-state index contributed by atoms with van der Waals surface area (Å²) in [4.78, 5) is 14.0. The van der Waals surface area contributed by atoms with E-state index in [9.17, 15) is 4.79 Å². The molecule has 1 aliphatic rings. The van der Waals surface area contributed by atoms with Crippen LogP contribution < -0.4 is 5.32 Å². The van der Waals surface area contributed by atoms with Gasteiger partial charge in [-0.15, -0.1) is 0 Å². The molecule has 0 amide bonds. The van der Waals surface area contributed by atoms with Crippen molar-refractivity contribution in [1.82, 2.24) is 10.2 Å². The summed E-state index contributed by atoms with van der Waals surface area (Å²) in [6.45, 7) is 4.78. The fourth-order valence-electron chi connectivity index (χ4n) is 2.21. The van der Waals surface area contributed by atoms with E-state index in [1.165, 1.54) is 7.11 Å². The molecule has 0 aromatic carbocycles. The standard InChI is InChI=1S/C11H22N2O2/c1-4-7-12-11(10(14)15-3)6-5-8-13(2)9-11/h12H,4-9H2,1-3H3. The molecule has 1 unspecified atom stereocenters. The molecule has 0 saturated carbocycles. The molecule has 1 atom stereocenters. The number of ether oxygens (including phenoxy) is 1. The fourth-order valence-corrected chi connectivity index (χ4v) is 2.21. The van der Waals surface area contributed by atoms with E-state index < -0.39 is 5.54 Å². The molecule has 1 heterocycles. The van der Waals surface area contributed by atoms with Crippen LogP contribution in [0.1, 0.15) is 26.2 Å². The number of nitrogens with one attached hydrogen (secondary N) is 1. The number of hydrogen-bond acceptors (Lipinski definition) is 4. The quantitative estimate of drug-likeness (QED) is 0.697. The van der Waals surface area contributed by atoms with E-state index in [1.54, 1.807) is 0 Å². The van der Waals surface area contributed by atoms with Gasteiger partial charge in [-0.25, -0.2) is 0 Å². The number of likely N-dealkylation sites (N-methyl/N-ethyl adjacent to an activating group) is 1. The first-order valence-corrected chi connectivity index (χ1v) is 5.66. The molecule has 0 aliphatic carbocycles. The predicted molar refractivity (Wildman–Crippen MR) is 59.8 cm³/mol. The summed E-state index contributed by atoms with van der Waals surface area (Å²) in [6.07, 6.45) is 2.95. The van der Waals surface area contributed by atoms with Crippen molar-refractivity contribution >= 4 is 5.97 Å². The Kier molecular flexibility index (Phi) is 4.54. The highest BCUT2D eigenvalue weighted by atomic mass is 16.5. The summed E-state index contributed by atoms with van der Waals surface area (Å²) in [5.41, 5.74) is -0.474. The molecule has 4 nitrogen and oxygen atoms in total. The molecule has 0 aromatic heterocycles. The molecule has 88 valence electrons. The van der Waals surface area contributed by atoms with Gasteiger partial charge in [0.15, 0.2) is 0 Å². The van der Waals surface area contributed by atoms with Gasteiger partial charge in [-0.2, -0.15) is 0 Å². The summed E-state index contributed by atoms with van der Waals surface area (Å²) < 4.78 is 4.91. The topological polar surface area (TPSA) is 41.6 Å². The Balaban J connectivity index is 2.70. The van der Waals surface area contributed by atoms with Crippen LogP contribution in [0.25, 0.3) is 0 Å². The normalized spacial score (nSPS) is 27.7. The third-order valence-electron chi connectivity index (χ3n) is 2.97. The summed E-state index contributed by atoms with van der Waals surface area (Å²) in [5, 5.41) is 3.35. The van der Waals surface area contributed by atoms with Crippen molar-refractivity contribution in [3.63, 3.8) is 0 Å². The number of esters is 1. The first-order valence-electron chi connectivity index (χ1n) is 5.66. The number of piperidine rings is 1. The second-order valence-electron chi connectivity index (χ2n) is 4.34. The van der Waals surface area contributed by atoms with Crippen molar-refractivity contribution in [3.8, 4) is 0 Å².